The van der Waals surface area contributed by atoms with Crippen molar-refractivity contribution in [2.75, 3.05) is 6.26 Å². The van der Waals surface area contributed by atoms with Gasteiger partial charge in [0.15, 0.2) is 0 Å². The SMILES string of the molecule is C=C/C=C1/C(=O)N(OS(C)(=O)=O)C(=O)C(/C=C\C)=C1/C(C=C)=C\C. The highest BCUT2D eigenvalue weighted by molar-refractivity contribution is 7.85. The van der Waals surface area contributed by atoms with E-state index in [4.69, 9.17) is 0 Å². The molecular formula is C17H19NO5S. The van der Waals surface area contributed by atoms with Crippen molar-refractivity contribution in [1.82, 2.24) is 5.06 Å². The zero-order valence-electron chi connectivity index (χ0n) is 13.8. The summed E-state index contributed by atoms with van der Waals surface area (Å²) in [5.41, 5.74) is 1.09. The first-order valence-electron chi connectivity index (χ1n) is 6.99. The van der Waals surface area contributed by atoms with Gasteiger partial charge in [-0.25, -0.2) is 0 Å². The first-order valence-corrected chi connectivity index (χ1v) is 8.81. The third-order valence-corrected chi connectivity index (χ3v) is 3.44. The van der Waals surface area contributed by atoms with Crippen LogP contribution in [-0.2, 0) is 24.0 Å². The zero-order chi connectivity index (χ0) is 18.5. The number of carbonyl (C=O) groups is 2. The van der Waals surface area contributed by atoms with Gasteiger partial charge in [-0.2, -0.15) is 8.42 Å². The van der Waals surface area contributed by atoms with Gasteiger partial charge in [-0.05, 0) is 25.5 Å². The van der Waals surface area contributed by atoms with Crippen molar-refractivity contribution in [1.29, 1.82) is 0 Å². The molecule has 2 amide bonds. The Morgan fingerprint density at radius 2 is 1.79 bits per heavy atom. The van der Waals surface area contributed by atoms with Gasteiger partial charge in [-0.3, -0.25) is 9.59 Å². The monoisotopic (exact) mass is 349 g/mol. The minimum Gasteiger partial charge on any atom is -0.266 e. The average Bonchev–Trinajstić information content (AvgIpc) is 2.51. The fourth-order valence-corrected chi connectivity index (χ4v) is 2.55. The number of hydrogen-bond acceptors (Lipinski definition) is 5. The van der Waals surface area contributed by atoms with E-state index in [1.165, 1.54) is 24.3 Å². The van der Waals surface area contributed by atoms with Crippen LogP contribution in [-0.4, -0.2) is 31.6 Å². The maximum atomic E-state index is 12.6. The molecule has 0 aromatic carbocycles. The highest BCUT2D eigenvalue weighted by Gasteiger charge is 2.39. The smallest absolute Gasteiger partial charge is 0.266 e. The van der Waals surface area contributed by atoms with Crippen LogP contribution in [0.1, 0.15) is 13.8 Å². The van der Waals surface area contributed by atoms with Gasteiger partial charge in [0.05, 0.1) is 17.4 Å². The van der Waals surface area contributed by atoms with E-state index in [1.54, 1.807) is 26.0 Å². The third kappa shape index (κ3) is 4.06. The summed E-state index contributed by atoms with van der Waals surface area (Å²) in [6, 6.07) is 0. The second-order valence-electron chi connectivity index (χ2n) is 4.74. The van der Waals surface area contributed by atoms with E-state index in [2.05, 4.69) is 17.4 Å². The molecule has 0 atom stereocenters. The van der Waals surface area contributed by atoms with Gasteiger partial charge >= 0.3 is 0 Å². The molecule has 0 unspecified atom stereocenters. The van der Waals surface area contributed by atoms with E-state index >= 15 is 0 Å². The highest BCUT2D eigenvalue weighted by Crippen LogP contribution is 2.33. The van der Waals surface area contributed by atoms with Crippen molar-refractivity contribution in [3.05, 3.63) is 71.9 Å². The molecule has 1 rings (SSSR count). The molecule has 6 nitrogen and oxygen atoms in total. The van der Waals surface area contributed by atoms with E-state index in [0.29, 0.717) is 11.1 Å². The molecular weight excluding hydrogens is 330 g/mol. The van der Waals surface area contributed by atoms with Crippen LogP contribution < -0.4 is 0 Å². The average molecular weight is 349 g/mol. The lowest BCUT2D eigenvalue weighted by atomic mass is 9.88. The van der Waals surface area contributed by atoms with Gasteiger partial charge in [0.25, 0.3) is 21.9 Å². The molecule has 0 radical (unpaired) electrons. The van der Waals surface area contributed by atoms with E-state index in [0.717, 1.165) is 6.26 Å². The topological polar surface area (TPSA) is 80.8 Å². The van der Waals surface area contributed by atoms with Gasteiger partial charge in [-0.1, -0.05) is 43.5 Å². The number of nitrogens with zero attached hydrogens (tertiary/aromatic N) is 1. The summed E-state index contributed by atoms with van der Waals surface area (Å²) in [4.78, 5) is 25.2. The molecule has 0 saturated heterocycles. The number of allylic oxidation sites excluding steroid dienone is 6. The summed E-state index contributed by atoms with van der Waals surface area (Å²) in [5.74, 6) is -1.77. The molecule has 0 saturated carbocycles. The summed E-state index contributed by atoms with van der Waals surface area (Å²) in [7, 11) is -4.07. The maximum Gasteiger partial charge on any atom is 0.286 e. The Hall–Kier alpha value is -2.51. The van der Waals surface area contributed by atoms with Crippen molar-refractivity contribution >= 4 is 21.9 Å². The molecule has 1 aliphatic rings. The van der Waals surface area contributed by atoms with Crippen LogP contribution in [0.15, 0.2) is 71.9 Å². The molecule has 128 valence electrons. The van der Waals surface area contributed by atoms with Crippen molar-refractivity contribution in [2.45, 2.75) is 13.8 Å². The van der Waals surface area contributed by atoms with Crippen molar-refractivity contribution in [3.8, 4) is 0 Å². The molecule has 0 aliphatic carbocycles. The lowest BCUT2D eigenvalue weighted by Crippen LogP contribution is -2.44. The van der Waals surface area contributed by atoms with Crippen LogP contribution in [0.2, 0.25) is 0 Å². The number of imide groups is 1. The maximum absolute atomic E-state index is 12.6. The molecule has 0 spiro atoms. The quantitative estimate of drug-likeness (QED) is 0.418. The number of carbonyl (C=O) groups excluding carboxylic acids is 2. The zero-order valence-corrected chi connectivity index (χ0v) is 14.6. The predicted octanol–water partition coefficient (Wildman–Crippen LogP) is 2.36. The number of hydroxylamine groups is 2. The Morgan fingerprint density at radius 3 is 2.21 bits per heavy atom. The standard InChI is InChI=1S/C17H19NO5S/c1-6-10-13-15(12(8-3)9-4)14(11-7-2)17(20)18(16(13)19)23-24(5,21)22/h6-11H,1,3H2,2,4-5H3/b11-7-,12-9-,13-10+. The largest absolute Gasteiger partial charge is 0.286 e. The summed E-state index contributed by atoms with van der Waals surface area (Å²) in [5, 5.41) is 0.236. The van der Waals surface area contributed by atoms with Gasteiger partial charge in [0.1, 0.15) is 0 Å². The van der Waals surface area contributed by atoms with Crippen LogP contribution in [0, 0.1) is 0 Å². The van der Waals surface area contributed by atoms with Crippen LogP contribution >= 0.6 is 0 Å². The Bertz CT molecular complexity index is 810. The predicted molar refractivity (Wildman–Crippen MR) is 91.9 cm³/mol. The van der Waals surface area contributed by atoms with Crippen molar-refractivity contribution < 1.29 is 22.3 Å². The van der Waals surface area contributed by atoms with Crippen LogP contribution in [0.25, 0.3) is 0 Å². The van der Waals surface area contributed by atoms with Crippen LogP contribution in [0.3, 0.4) is 0 Å². The normalized spacial score (nSPS) is 18.7. The molecule has 0 aromatic rings. The second kappa shape index (κ2) is 7.85. The van der Waals surface area contributed by atoms with Crippen molar-refractivity contribution in [2.24, 2.45) is 0 Å². The van der Waals surface area contributed by atoms with Gasteiger partial charge < -0.3 is 0 Å². The van der Waals surface area contributed by atoms with Gasteiger partial charge in [0.2, 0.25) is 0 Å². The van der Waals surface area contributed by atoms with Gasteiger partial charge in [0, 0.05) is 5.57 Å². The minimum absolute atomic E-state index is 0.0781. The molecule has 0 N–H and O–H groups in total. The Labute approximate surface area is 141 Å². The lowest BCUT2D eigenvalue weighted by molar-refractivity contribution is -0.166. The van der Waals surface area contributed by atoms with Crippen molar-refractivity contribution in [3.63, 3.8) is 0 Å². The number of hydrogen-bond donors (Lipinski definition) is 0. The summed E-state index contributed by atoms with van der Waals surface area (Å²) >= 11 is 0. The molecule has 0 aromatic heterocycles. The van der Waals surface area contributed by atoms with E-state index in [1.807, 2.05) is 0 Å². The molecule has 0 bridgehead atoms. The lowest BCUT2D eigenvalue weighted by Gasteiger charge is -2.28. The van der Waals surface area contributed by atoms with Crippen LogP contribution in [0.4, 0.5) is 0 Å². The molecule has 1 heterocycles. The Morgan fingerprint density at radius 1 is 1.17 bits per heavy atom. The first kappa shape index (κ1) is 19.5. The molecule has 0 fully saturated rings. The summed E-state index contributed by atoms with van der Waals surface area (Å²) in [6.45, 7) is 10.7. The number of amides is 2. The number of rotatable bonds is 6. The Kier molecular flexibility index (Phi) is 6.39. The van der Waals surface area contributed by atoms with Crippen LogP contribution in [0.5, 0.6) is 0 Å². The van der Waals surface area contributed by atoms with Gasteiger partial charge in [-0.15, -0.1) is 9.35 Å². The second-order valence-corrected chi connectivity index (χ2v) is 6.29. The fourth-order valence-electron chi connectivity index (χ4n) is 2.14. The molecule has 24 heavy (non-hydrogen) atoms. The Balaban J connectivity index is 3.80. The molecule has 1 aliphatic heterocycles. The fraction of sp³-hybridized carbons (Fsp3) is 0.176. The highest BCUT2D eigenvalue weighted by atomic mass is 32.2. The van der Waals surface area contributed by atoms with E-state index < -0.39 is 21.9 Å². The first-order chi connectivity index (χ1) is 11.2. The third-order valence-electron chi connectivity index (χ3n) is 3.02. The summed E-state index contributed by atoms with van der Waals surface area (Å²) < 4.78 is 27.3. The summed E-state index contributed by atoms with van der Waals surface area (Å²) in [6.07, 6.45) is 9.78. The molecule has 7 heteroatoms. The van der Waals surface area contributed by atoms with E-state index in [9.17, 15) is 18.0 Å². The minimum atomic E-state index is -4.07. The van der Waals surface area contributed by atoms with E-state index in [-0.39, 0.29) is 16.2 Å².